The minimum absolute atomic E-state index is 0.345. The largest absolute Gasteiger partial charge is 0.493 e. The van der Waals surface area contributed by atoms with Crippen LogP contribution in [0.25, 0.3) is 11.3 Å². The molecule has 0 amide bonds. The summed E-state index contributed by atoms with van der Waals surface area (Å²) in [6.07, 6.45) is 0. The van der Waals surface area contributed by atoms with Gasteiger partial charge >= 0.3 is 0 Å². The zero-order valence-electron chi connectivity index (χ0n) is 12.2. The lowest BCUT2D eigenvalue weighted by molar-refractivity contribution is 0.284. The predicted molar refractivity (Wildman–Crippen MR) is 83.7 cm³/mol. The zero-order chi connectivity index (χ0) is 15.4. The quantitative estimate of drug-likeness (QED) is 0.780. The van der Waals surface area contributed by atoms with E-state index in [-0.39, 0.29) is 0 Å². The van der Waals surface area contributed by atoms with E-state index in [1.54, 1.807) is 13.2 Å². The molecular formula is C17H16N2O3. The van der Waals surface area contributed by atoms with Crippen molar-refractivity contribution in [3.8, 4) is 22.8 Å². The number of nitrogens with zero attached hydrogens (tertiary/aromatic N) is 1. The van der Waals surface area contributed by atoms with Crippen molar-refractivity contribution < 1.29 is 14.0 Å². The van der Waals surface area contributed by atoms with Crippen molar-refractivity contribution >= 4 is 5.82 Å². The van der Waals surface area contributed by atoms with Gasteiger partial charge in [0.05, 0.1) is 7.11 Å². The summed E-state index contributed by atoms with van der Waals surface area (Å²) in [4.78, 5) is 0. The number of anilines is 1. The maximum atomic E-state index is 5.86. The highest BCUT2D eigenvalue weighted by molar-refractivity contribution is 5.64. The lowest BCUT2D eigenvalue weighted by Crippen LogP contribution is -1.97. The van der Waals surface area contributed by atoms with Gasteiger partial charge in [-0.2, -0.15) is 0 Å². The molecule has 2 aromatic carbocycles. The molecule has 0 spiro atoms. The van der Waals surface area contributed by atoms with Crippen molar-refractivity contribution in [3.05, 3.63) is 60.2 Å². The molecule has 5 heteroatoms. The van der Waals surface area contributed by atoms with Crippen LogP contribution in [0.2, 0.25) is 0 Å². The van der Waals surface area contributed by atoms with Gasteiger partial charge in [0.1, 0.15) is 6.61 Å². The summed E-state index contributed by atoms with van der Waals surface area (Å²) >= 11 is 0. The van der Waals surface area contributed by atoms with E-state index in [9.17, 15) is 0 Å². The van der Waals surface area contributed by atoms with Crippen molar-refractivity contribution in [3.63, 3.8) is 0 Å². The molecule has 2 N–H and O–H groups in total. The summed E-state index contributed by atoms with van der Waals surface area (Å²) in [5, 5.41) is 3.69. The molecule has 22 heavy (non-hydrogen) atoms. The van der Waals surface area contributed by atoms with Crippen LogP contribution in [-0.4, -0.2) is 12.3 Å². The number of ether oxygens (including phenoxy) is 2. The lowest BCUT2D eigenvalue weighted by Gasteiger charge is -2.11. The third kappa shape index (κ3) is 3.03. The van der Waals surface area contributed by atoms with Crippen molar-refractivity contribution in [2.24, 2.45) is 0 Å². The topological polar surface area (TPSA) is 70.5 Å². The molecule has 0 radical (unpaired) electrons. The molecule has 112 valence electrons. The summed E-state index contributed by atoms with van der Waals surface area (Å²) in [5.74, 6) is 2.23. The van der Waals surface area contributed by atoms with E-state index in [0.29, 0.717) is 29.7 Å². The van der Waals surface area contributed by atoms with Crippen LogP contribution >= 0.6 is 0 Å². The second-order valence-electron chi connectivity index (χ2n) is 4.76. The Labute approximate surface area is 128 Å². The van der Waals surface area contributed by atoms with Crippen molar-refractivity contribution in [1.29, 1.82) is 0 Å². The number of hydrogen-bond donors (Lipinski definition) is 1. The van der Waals surface area contributed by atoms with Crippen molar-refractivity contribution in [2.75, 3.05) is 12.8 Å². The minimum Gasteiger partial charge on any atom is -0.493 e. The molecule has 0 fully saturated rings. The van der Waals surface area contributed by atoms with E-state index in [0.717, 1.165) is 11.1 Å². The maximum Gasteiger partial charge on any atom is 0.169 e. The average molecular weight is 296 g/mol. The highest BCUT2D eigenvalue weighted by Crippen LogP contribution is 2.33. The number of rotatable bonds is 5. The summed E-state index contributed by atoms with van der Waals surface area (Å²) < 4.78 is 16.4. The molecule has 0 atom stereocenters. The van der Waals surface area contributed by atoms with Gasteiger partial charge in [-0.25, -0.2) is 0 Å². The number of aromatic nitrogens is 1. The third-order valence-electron chi connectivity index (χ3n) is 3.21. The Morgan fingerprint density at radius 1 is 1.05 bits per heavy atom. The van der Waals surface area contributed by atoms with E-state index < -0.39 is 0 Å². The fourth-order valence-corrected chi connectivity index (χ4v) is 2.10. The standard InChI is InChI=1S/C17H16N2O3/c1-20-14-8-7-13(15-10-17(18)19-22-15)9-16(14)21-11-12-5-3-2-4-6-12/h2-10H,11H2,1H3,(H2,18,19). The van der Waals surface area contributed by atoms with Gasteiger partial charge in [-0.15, -0.1) is 0 Å². The lowest BCUT2D eigenvalue weighted by atomic mass is 10.1. The Kier molecular flexibility index (Phi) is 3.96. The molecule has 5 nitrogen and oxygen atoms in total. The molecule has 0 unspecified atom stereocenters. The Hall–Kier alpha value is -2.95. The second kappa shape index (κ2) is 6.22. The van der Waals surface area contributed by atoms with Gasteiger partial charge in [0.15, 0.2) is 23.1 Å². The Morgan fingerprint density at radius 2 is 1.86 bits per heavy atom. The van der Waals surface area contributed by atoms with Crippen LogP contribution in [0.1, 0.15) is 5.56 Å². The van der Waals surface area contributed by atoms with E-state index >= 15 is 0 Å². The average Bonchev–Trinajstić information content (AvgIpc) is 3.00. The van der Waals surface area contributed by atoms with Crippen molar-refractivity contribution in [2.45, 2.75) is 6.61 Å². The van der Waals surface area contributed by atoms with Gasteiger partial charge in [0, 0.05) is 11.6 Å². The predicted octanol–water partition coefficient (Wildman–Crippen LogP) is 3.51. The molecule has 0 bridgehead atoms. The first-order valence-electron chi connectivity index (χ1n) is 6.83. The highest BCUT2D eigenvalue weighted by atomic mass is 16.5. The second-order valence-corrected chi connectivity index (χ2v) is 4.76. The van der Waals surface area contributed by atoms with Crippen LogP contribution in [0.4, 0.5) is 5.82 Å². The fourth-order valence-electron chi connectivity index (χ4n) is 2.10. The number of methoxy groups -OCH3 is 1. The monoisotopic (exact) mass is 296 g/mol. The summed E-state index contributed by atoms with van der Waals surface area (Å²) in [7, 11) is 1.61. The molecule has 1 aromatic heterocycles. The first kappa shape index (κ1) is 14.0. The van der Waals surface area contributed by atoms with Crippen LogP contribution in [0, 0.1) is 0 Å². The summed E-state index contributed by atoms with van der Waals surface area (Å²) in [6, 6.07) is 17.2. The molecule has 0 aliphatic rings. The first-order valence-corrected chi connectivity index (χ1v) is 6.83. The number of benzene rings is 2. The van der Waals surface area contributed by atoms with E-state index in [1.807, 2.05) is 48.5 Å². The highest BCUT2D eigenvalue weighted by Gasteiger charge is 2.11. The minimum atomic E-state index is 0.345. The first-order chi connectivity index (χ1) is 10.8. The Morgan fingerprint density at radius 3 is 2.55 bits per heavy atom. The van der Waals surface area contributed by atoms with E-state index in [1.165, 1.54) is 0 Å². The van der Waals surface area contributed by atoms with E-state index in [2.05, 4.69) is 5.16 Å². The van der Waals surface area contributed by atoms with Crippen LogP contribution in [-0.2, 0) is 6.61 Å². The normalized spacial score (nSPS) is 10.4. The smallest absolute Gasteiger partial charge is 0.169 e. The van der Waals surface area contributed by atoms with Gasteiger partial charge in [0.2, 0.25) is 0 Å². The molecule has 0 aliphatic heterocycles. The number of nitrogens with two attached hydrogens (primary N) is 1. The molecule has 3 rings (SSSR count). The number of nitrogen functional groups attached to an aromatic ring is 1. The zero-order valence-corrected chi connectivity index (χ0v) is 12.2. The molecule has 0 aliphatic carbocycles. The van der Waals surface area contributed by atoms with Crippen molar-refractivity contribution in [1.82, 2.24) is 5.16 Å². The molecule has 3 aromatic rings. The fraction of sp³-hybridized carbons (Fsp3) is 0.118. The van der Waals surface area contributed by atoms with Gasteiger partial charge < -0.3 is 19.7 Å². The molecular weight excluding hydrogens is 280 g/mol. The van der Waals surface area contributed by atoms with Crippen LogP contribution in [0.15, 0.2) is 59.1 Å². The van der Waals surface area contributed by atoms with Gasteiger partial charge in [-0.05, 0) is 23.8 Å². The molecule has 0 saturated carbocycles. The van der Waals surface area contributed by atoms with E-state index in [4.69, 9.17) is 19.7 Å². The molecule has 0 saturated heterocycles. The summed E-state index contributed by atoms with van der Waals surface area (Å²) in [5.41, 5.74) is 7.49. The molecule has 1 heterocycles. The maximum absolute atomic E-state index is 5.86. The Balaban J connectivity index is 1.85. The van der Waals surface area contributed by atoms with Gasteiger partial charge in [-0.3, -0.25) is 0 Å². The van der Waals surface area contributed by atoms with Crippen LogP contribution in [0.3, 0.4) is 0 Å². The Bertz CT molecular complexity index is 754. The van der Waals surface area contributed by atoms with Gasteiger partial charge in [0.25, 0.3) is 0 Å². The third-order valence-corrected chi connectivity index (χ3v) is 3.21. The SMILES string of the molecule is COc1ccc(-c2cc(N)no2)cc1OCc1ccccc1. The number of hydrogen-bond acceptors (Lipinski definition) is 5. The van der Waals surface area contributed by atoms with Crippen LogP contribution in [0.5, 0.6) is 11.5 Å². The summed E-state index contributed by atoms with van der Waals surface area (Å²) in [6.45, 7) is 0.458. The van der Waals surface area contributed by atoms with Gasteiger partial charge in [-0.1, -0.05) is 35.5 Å². The van der Waals surface area contributed by atoms with Crippen LogP contribution < -0.4 is 15.2 Å².